The second kappa shape index (κ2) is 12.4. The fraction of sp³-hybridized carbons (Fsp3) is 0.548. The molecule has 3 fully saturated rings. The van der Waals surface area contributed by atoms with Gasteiger partial charge in [0.1, 0.15) is 0 Å². The van der Waals surface area contributed by atoms with Crippen LogP contribution >= 0.6 is 0 Å². The molecule has 2 aliphatic carbocycles. The van der Waals surface area contributed by atoms with E-state index in [1.807, 2.05) is 12.1 Å². The topological polar surface area (TPSA) is 68.1 Å². The fourth-order valence-electron chi connectivity index (χ4n) is 6.39. The minimum absolute atomic E-state index is 0.130. The summed E-state index contributed by atoms with van der Waals surface area (Å²) in [7, 11) is 0. The van der Waals surface area contributed by atoms with Gasteiger partial charge in [-0.05, 0) is 10.8 Å². The molecule has 1 saturated heterocycles. The molecule has 2 unspecified atom stereocenters. The first-order chi connectivity index (χ1) is 18.3. The van der Waals surface area contributed by atoms with E-state index in [1.165, 1.54) is 6.95 Å². The van der Waals surface area contributed by atoms with E-state index in [4.69, 9.17) is 5.32 Å². The van der Waals surface area contributed by atoms with Gasteiger partial charge in [-0.2, -0.15) is 0 Å². The molecule has 5 heterocycles. The first-order valence-electron chi connectivity index (χ1n) is 14.5. The largest absolute Gasteiger partial charge is 0.650 e. The number of rotatable bonds is 4. The molecule has 0 spiro atoms. The summed E-state index contributed by atoms with van der Waals surface area (Å²) in [5.41, 5.74) is 3.68. The fourth-order valence-corrected chi connectivity index (χ4v) is 14.7. The van der Waals surface area contributed by atoms with Crippen molar-refractivity contribution < 1.29 is 0 Å². The van der Waals surface area contributed by atoms with E-state index in [-0.39, 0.29) is 36.3 Å². The van der Waals surface area contributed by atoms with E-state index in [0.717, 1.165) is 52.7 Å². The van der Waals surface area contributed by atoms with Gasteiger partial charge in [0.15, 0.2) is 0 Å². The quantitative estimate of drug-likeness (QED) is 0.203. The SMILES string of the molecule is C1CC[CH]([Pb][CH]2CCCCC2)CC1.c1cnc2[n-]c(C3CCCC(c4cc5cccnc5[n-]4)[N-]3)cc2c1. The van der Waals surface area contributed by atoms with Crippen molar-refractivity contribution in [3.05, 3.63) is 65.5 Å². The van der Waals surface area contributed by atoms with Crippen molar-refractivity contribution in [3.63, 3.8) is 0 Å². The van der Waals surface area contributed by atoms with Gasteiger partial charge in [0.05, 0.1) is 0 Å². The molecular formula is C31H38N5Pb-3. The maximum Gasteiger partial charge on any atom is -0.0268 e. The molecule has 37 heavy (non-hydrogen) atoms. The predicted molar refractivity (Wildman–Crippen MR) is 152 cm³/mol. The molecule has 1 aliphatic heterocycles. The molecule has 0 N–H and O–H groups in total. The molecule has 194 valence electrons. The molecule has 2 atom stereocenters. The van der Waals surface area contributed by atoms with Gasteiger partial charge in [0.25, 0.3) is 0 Å². The molecule has 4 aromatic heterocycles. The van der Waals surface area contributed by atoms with Crippen LogP contribution in [0.5, 0.6) is 0 Å². The number of pyridine rings is 2. The summed E-state index contributed by atoms with van der Waals surface area (Å²) in [6.07, 6.45) is 22.7. The Morgan fingerprint density at radius 3 is 1.54 bits per heavy atom. The van der Waals surface area contributed by atoms with E-state index < -0.39 is 0 Å². The van der Waals surface area contributed by atoms with Crippen molar-refractivity contribution in [2.24, 2.45) is 0 Å². The van der Waals surface area contributed by atoms with Crippen molar-refractivity contribution in [3.8, 4) is 0 Å². The van der Waals surface area contributed by atoms with Gasteiger partial charge in [-0.3, -0.25) is 0 Å². The summed E-state index contributed by atoms with van der Waals surface area (Å²) in [6, 6.07) is 12.5. The van der Waals surface area contributed by atoms with Crippen molar-refractivity contribution in [2.75, 3.05) is 0 Å². The van der Waals surface area contributed by atoms with Crippen molar-refractivity contribution in [2.45, 2.75) is 103 Å². The molecule has 5 nitrogen and oxygen atoms in total. The van der Waals surface area contributed by atoms with Gasteiger partial charge in [0.2, 0.25) is 0 Å². The molecule has 0 amide bonds. The predicted octanol–water partition coefficient (Wildman–Crippen LogP) is 8.23. The summed E-state index contributed by atoms with van der Waals surface area (Å²) in [6.45, 7) is 0. The second-order valence-electron chi connectivity index (χ2n) is 11.1. The Bertz CT molecular complexity index is 1100. The maximum atomic E-state index is 5.03. The summed E-state index contributed by atoms with van der Waals surface area (Å²) in [5, 5.41) is 7.21. The summed E-state index contributed by atoms with van der Waals surface area (Å²) < 4.78 is 2.63. The van der Waals surface area contributed by atoms with E-state index >= 15 is 0 Å². The minimum atomic E-state index is -0.186. The van der Waals surface area contributed by atoms with E-state index in [9.17, 15) is 0 Å². The van der Waals surface area contributed by atoms with Gasteiger partial charge in [-0.25, -0.2) is 0 Å². The molecule has 0 bridgehead atoms. The smallest absolute Gasteiger partial charge is 0.0268 e. The second-order valence-corrected chi connectivity index (χ2v) is 18.8. The third-order valence-electron chi connectivity index (χ3n) is 8.39. The van der Waals surface area contributed by atoms with Gasteiger partial charge < -0.3 is 25.3 Å². The Morgan fingerprint density at radius 1 is 0.595 bits per heavy atom. The summed E-state index contributed by atoms with van der Waals surface area (Å²) in [5.74, 6) is 0. The van der Waals surface area contributed by atoms with Gasteiger partial charge in [0, 0.05) is 0 Å². The van der Waals surface area contributed by atoms with Crippen LogP contribution in [0.1, 0.15) is 107 Å². The van der Waals surface area contributed by atoms with Crippen molar-refractivity contribution in [1.29, 1.82) is 0 Å². The average Bonchev–Trinajstić information content (AvgIpc) is 3.60. The zero-order valence-electron chi connectivity index (χ0n) is 21.9. The van der Waals surface area contributed by atoms with Gasteiger partial charge >= 0.3 is 95.4 Å². The summed E-state index contributed by atoms with van der Waals surface area (Å²) in [4.78, 5) is 18.0. The molecule has 7 rings (SSSR count). The zero-order chi connectivity index (χ0) is 24.9. The molecular weight excluding hydrogens is 650 g/mol. The molecule has 2 radical (unpaired) electrons. The maximum absolute atomic E-state index is 5.03. The summed E-state index contributed by atoms with van der Waals surface area (Å²) >= 11 is -0.186. The van der Waals surface area contributed by atoms with Gasteiger partial charge in [-0.1, -0.05) is 90.7 Å². The molecule has 0 aromatic carbocycles. The average molecular weight is 688 g/mol. The number of hydrogen-bond donors (Lipinski definition) is 0. The van der Waals surface area contributed by atoms with E-state index in [1.54, 1.807) is 76.6 Å². The Morgan fingerprint density at radius 2 is 1.08 bits per heavy atom. The third-order valence-corrected chi connectivity index (χ3v) is 16.5. The van der Waals surface area contributed by atoms with E-state index in [0.29, 0.717) is 0 Å². The Kier molecular flexibility index (Phi) is 8.57. The minimum Gasteiger partial charge on any atom is -0.650 e. The standard InChI is InChI=1S/C19H16N5.2C6H11.Pb/c1-6-14(16-10-12-4-2-8-20-18(12)23-16)22-15(7-1)17-11-13-5-3-9-21-19(13)24-17;2*1-2-4-6-5-3-1;/h2-5,8-11,14-15H,1,6-7H2;2*1H,2-6H2;/q-3;;;. The van der Waals surface area contributed by atoms with Crippen molar-refractivity contribution >= 4 is 46.3 Å². The van der Waals surface area contributed by atoms with Crippen LogP contribution in [-0.4, -0.2) is 34.2 Å². The number of aromatic nitrogens is 4. The van der Waals surface area contributed by atoms with Gasteiger partial charge in [-0.15, -0.1) is 12.1 Å². The third kappa shape index (κ3) is 6.47. The monoisotopic (exact) mass is 688 g/mol. The van der Waals surface area contributed by atoms with Crippen LogP contribution in [0.2, 0.25) is 6.95 Å². The Labute approximate surface area is 233 Å². The zero-order valence-corrected chi connectivity index (χ0v) is 25.7. The first-order valence-corrected chi connectivity index (χ1v) is 19.0. The van der Waals surface area contributed by atoms with Crippen LogP contribution in [-0.2, 0) is 0 Å². The van der Waals surface area contributed by atoms with Crippen LogP contribution in [0.4, 0.5) is 0 Å². The normalized spacial score (nSPS) is 23.7. The Hall–Kier alpha value is -1.74. The van der Waals surface area contributed by atoms with Crippen LogP contribution in [0.3, 0.4) is 0 Å². The number of nitrogens with zero attached hydrogens (tertiary/aromatic N) is 5. The first kappa shape index (κ1) is 25.5. The van der Waals surface area contributed by atoms with E-state index in [2.05, 4.69) is 44.2 Å². The molecule has 3 aliphatic rings. The van der Waals surface area contributed by atoms with Crippen LogP contribution in [0.25, 0.3) is 27.4 Å². The molecule has 2 saturated carbocycles. The number of fused-ring (bicyclic) bond motifs is 2. The number of piperidine rings is 1. The Balaban J connectivity index is 0.000000164. The number of hydrogen-bond acceptors (Lipinski definition) is 2. The van der Waals surface area contributed by atoms with Crippen LogP contribution in [0.15, 0.2) is 48.8 Å². The molecule has 4 aromatic rings. The van der Waals surface area contributed by atoms with Crippen LogP contribution < -0.4 is 9.97 Å². The molecule has 6 heteroatoms. The van der Waals surface area contributed by atoms with Crippen LogP contribution in [0, 0.1) is 0 Å². The van der Waals surface area contributed by atoms with Crippen molar-refractivity contribution in [1.82, 2.24) is 19.9 Å².